The van der Waals surface area contributed by atoms with E-state index in [0.717, 1.165) is 16.9 Å². The van der Waals surface area contributed by atoms with Crippen molar-refractivity contribution in [1.82, 2.24) is 4.90 Å². The van der Waals surface area contributed by atoms with Crippen LogP contribution < -0.4 is 4.74 Å². The molecule has 0 spiro atoms. The van der Waals surface area contributed by atoms with E-state index in [4.69, 9.17) is 9.47 Å². The molecule has 2 aliphatic rings. The monoisotopic (exact) mass is 395 g/mol. The number of hydrogen-bond donors (Lipinski definition) is 0. The molecule has 2 heterocycles. The third-order valence-electron chi connectivity index (χ3n) is 5.70. The van der Waals surface area contributed by atoms with Gasteiger partial charge < -0.3 is 14.4 Å². The van der Waals surface area contributed by atoms with E-state index in [9.17, 15) is 13.2 Å². The van der Waals surface area contributed by atoms with Crippen LogP contribution in [0.2, 0.25) is 0 Å². The predicted octanol–water partition coefficient (Wildman–Crippen LogP) is 2.16. The summed E-state index contributed by atoms with van der Waals surface area (Å²) in [5, 5.41) is 0. The van der Waals surface area contributed by atoms with Crippen LogP contribution in [0, 0.1) is 12.8 Å². The highest BCUT2D eigenvalue weighted by Gasteiger charge is 2.45. The van der Waals surface area contributed by atoms with Gasteiger partial charge in [0, 0.05) is 13.0 Å². The average molecular weight is 396 g/mol. The molecular weight excluding hydrogens is 366 g/mol. The van der Waals surface area contributed by atoms with Crippen LogP contribution in [0.25, 0.3) is 0 Å². The fourth-order valence-corrected chi connectivity index (χ4v) is 6.07. The Kier molecular flexibility index (Phi) is 5.82. The molecule has 2 saturated heterocycles. The lowest BCUT2D eigenvalue weighted by molar-refractivity contribution is -0.143. The molecule has 0 bridgehead atoms. The lowest BCUT2D eigenvalue weighted by Gasteiger charge is -2.37. The minimum Gasteiger partial charge on any atom is -0.496 e. The Balaban J connectivity index is 1.78. The second-order valence-electron chi connectivity index (χ2n) is 7.92. The number of carbonyl (C=O) groups is 1. The number of carbonyl (C=O) groups excluding carboxylic acids is 1. The van der Waals surface area contributed by atoms with Gasteiger partial charge >= 0.3 is 0 Å². The van der Waals surface area contributed by atoms with Crippen molar-refractivity contribution in [3.05, 3.63) is 29.3 Å². The van der Waals surface area contributed by atoms with Crippen LogP contribution in [0.3, 0.4) is 0 Å². The van der Waals surface area contributed by atoms with Gasteiger partial charge in [-0.2, -0.15) is 0 Å². The van der Waals surface area contributed by atoms with Crippen LogP contribution in [-0.2, 0) is 19.4 Å². The molecular formula is C20H29NO5S. The minimum atomic E-state index is -3.14. The molecule has 3 atom stereocenters. The summed E-state index contributed by atoms with van der Waals surface area (Å²) in [5.41, 5.74) is 2.15. The van der Waals surface area contributed by atoms with Gasteiger partial charge in [0.15, 0.2) is 9.84 Å². The van der Waals surface area contributed by atoms with Gasteiger partial charge in [-0.15, -0.1) is 0 Å². The van der Waals surface area contributed by atoms with E-state index >= 15 is 0 Å². The largest absolute Gasteiger partial charge is 0.496 e. The van der Waals surface area contributed by atoms with Crippen molar-refractivity contribution in [1.29, 1.82) is 0 Å². The van der Waals surface area contributed by atoms with Crippen molar-refractivity contribution in [2.45, 2.75) is 45.3 Å². The Bertz CT molecular complexity index is 805. The van der Waals surface area contributed by atoms with Gasteiger partial charge in [-0.3, -0.25) is 4.79 Å². The molecule has 2 fully saturated rings. The van der Waals surface area contributed by atoms with Gasteiger partial charge in [-0.1, -0.05) is 26.0 Å². The topological polar surface area (TPSA) is 72.9 Å². The summed E-state index contributed by atoms with van der Waals surface area (Å²) in [4.78, 5) is 14.8. The first-order valence-electron chi connectivity index (χ1n) is 9.48. The number of sulfone groups is 1. The summed E-state index contributed by atoms with van der Waals surface area (Å²) < 4.78 is 34.9. The van der Waals surface area contributed by atoms with Crippen molar-refractivity contribution < 1.29 is 22.7 Å². The smallest absolute Gasteiger partial charge is 0.223 e. The zero-order chi connectivity index (χ0) is 19.8. The van der Waals surface area contributed by atoms with Gasteiger partial charge in [0.2, 0.25) is 5.91 Å². The molecule has 3 unspecified atom stereocenters. The average Bonchev–Trinajstić information content (AvgIpc) is 2.92. The highest BCUT2D eigenvalue weighted by Crippen LogP contribution is 2.33. The molecule has 0 saturated carbocycles. The summed E-state index contributed by atoms with van der Waals surface area (Å²) in [7, 11) is -1.49. The quantitative estimate of drug-likeness (QED) is 0.764. The summed E-state index contributed by atoms with van der Waals surface area (Å²) >= 11 is 0. The van der Waals surface area contributed by atoms with Crippen molar-refractivity contribution >= 4 is 15.7 Å². The Morgan fingerprint density at radius 1 is 1.33 bits per heavy atom. The maximum Gasteiger partial charge on any atom is 0.223 e. The second kappa shape index (κ2) is 7.80. The molecule has 150 valence electrons. The van der Waals surface area contributed by atoms with E-state index in [1.54, 1.807) is 12.0 Å². The van der Waals surface area contributed by atoms with Gasteiger partial charge in [-0.25, -0.2) is 8.42 Å². The molecule has 6 nitrogen and oxygen atoms in total. The fourth-order valence-electron chi connectivity index (χ4n) is 4.20. The van der Waals surface area contributed by atoms with Crippen molar-refractivity contribution in [2.75, 3.05) is 31.8 Å². The zero-order valence-corrected chi connectivity index (χ0v) is 17.3. The van der Waals surface area contributed by atoms with Crippen molar-refractivity contribution in [3.63, 3.8) is 0 Å². The van der Waals surface area contributed by atoms with E-state index < -0.39 is 9.84 Å². The van der Waals surface area contributed by atoms with Gasteiger partial charge in [-0.05, 0) is 36.0 Å². The normalized spacial score (nSPS) is 25.3. The molecule has 0 radical (unpaired) electrons. The number of fused-ring (bicyclic) bond motifs is 1. The van der Waals surface area contributed by atoms with Crippen LogP contribution in [-0.4, -0.2) is 63.1 Å². The second-order valence-corrected chi connectivity index (χ2v) is 10.1. The van der Waals surface area contributed by atoms with E-state index in [-0.39, 0.29) is 41.4 Å². The zero-order valence-electron chi connectivity index (χ0n) is 16.5. The molecule has 0 N–H and O–H groups in total. The summed E-state index contributed by atoms with van der Waals surface area (Å²) in [6, 6.07) is 5.70. The van der Waals surface area contributed by atoms with Gasteiger partial charge in [0.1, 0.15) is 5.75 Å². The molecule has 0 aromatic heterocycles. The van der Waals surface area contributed by atoms with E-state index in [1.807, 2.05) is 19.1 Å². The van der Waals surface area contributed by atoms with Crippen molar-refractivity contribution in [3.8, 4) is 5.75 Å². The SMILES string of the molecule is COc1ccc(C(CC(=O)N2CCOC3CS(=O)(=O)CC32)C(C)C)cc1C. The van der Waals surface area contributed by atoms with Crippen molar-refractivity contribution in [2.24, 2.45) is 5.92 Å². The first-order valence-corrected chi connectivity index (χ1v) is 11.3. The number of benzene rings is 1. The number of aryl methyl sites for hydroxylation is 1. The molecule has 0 aliphatic carbocycles. The molecule has 1 aromatic carbocycles. The predicted molar refractivity (Wildman–Crippen MR) is 104 cm³/mol. The van der Waals surface area contributed by atoms with E-state index in [1.165, 1.54) is 0 Å². The highest BCUT2D eigenvalue weighted by atomic mass is 32.2. The molecule has 1 aromatic rings. The van der Waals surface area contributed by atoms with Crippen LogP contribution in [0.5, 0.6) is 5.75 Å². The summed E-state index contributed by atoms with van der Waals surface area (Å²) in [6.07, 6.45) is -0.0133. The van der Waals surface area contributed by atoms with Crippen LogP contribution >= 0.6 is 0 Å². The van der Waals surface area contributed by atoms with Gasteiger partial charge in [0.25, 0.3) is 0 Å². The van der Waals surface area contributed by atoms with Crippen LogP contribution in [0.1, 0.15) is 37.3 Å². The number of rotatable bonds is 5. The first kappa shape index (κ1) is 20.1. The lowest BCUT2D eigenvalue weighted by Crippen LogP contribution is -2.53. The molecule has 27 heavy (non-hydrogen) atoms. The Morgan fingerprint density at radius 3 is 2.70 bits per heavy atom. The number of amides is 1. The standard InChI is InChI=1S/C20H29NO5S/c1-13(2)16(15-5-6-18(25-4)14(3)9-15)10-20(22)21-7-8-26-19-12-27(23,24)11-17(19)21/h5-6,9,13,16-17,19H,7-8,10-12H2,1-4H3. The number of nitrogens with zero attached hydrogens (tertiary/aromatic N) is 1. The van der Waals surface area contributed by atoms with Crippen LogP contribution in [0.15, 0.2) is 18.2 Å². The first-order chi connectivity index (χ1) is 12.7. The maximum absolute atomic E-state index is 13.1. The molecule has 3 rings (SSSR count). The Labute approximate surface area is 161 Å². The number of ether oxygens (including phenoxy) is 2. The Hall–Kier alpha value is -1.60. The summed E-state index contributed by atoms with van der Waals surface area (Å²) in [5.74, 6) is 1.23. The molecule has 1 amide bonds. The minimum absolute atomic E-state index is 0.0113. The number of methoxy groups -OCH3 is 1. The fraction of sp³-hybridized carbons (Fsp3) is 0.650. The van der Waals surface area contributed by atoms with E-state index in [0.29, 0.717) is 19.6 Å². The Morgan fingerprint density at radius 2 is 2.07 bits per heavy atom. The third kappa shape index (κ3) is 4.29. The summed E-state index contributed by atoms with van der Waals surface area (Å²) in [6.45, 7) is 7.08. The van der Waals surface area contributed by atoms with Crippen LogP contribution in [0.4, 0.5) is 0 Å². The van der Waals surface area contributed by atoms with Gasteiger partial charge in [0.05, 0.1) is 37.4 Å². The maximum atomic E-state index is 13.1. The number of morpholine rings is 1. The number of hydrogen-bond acceptors (Lipinski definition) is 5. The third-order valence-corrected chi connectivity index (χ3v) is 7.39. The molecule has 7 heteroatoms. The van der Waals surface area contributed by atoms with E-state index in [2.05, 4.69) is 19.9 Å². The molecule has 2 aliphatic heterocycles. The highest BCUT2D eigenvalue weighted by molar-refractivity contribution is 7.91. The lowest BCUT2D eigenvalue weighted by atomic mass is 9.84.